The molecule has 29 heavy (non-hydrogen) atoms. The fourth-order valence-electron chi connectivity index (χ4n) is 6.73. The standard InChI is InChI=1S/C25H45N3O/c1-21(2)27-14-9-22(10-15-27)17-24(29)28-16-12-25(20-28)11-6-13-26(19-25)18-23-7-4-3-5-8-23/h21-23H,3-20H2,1-2H3/t25-/m0/s1. The summed E-state index contributed by atoms with van der Waals surface area (Å²) in [5.74, 6) is 2.01. The molecule has 1 saturated carbocycles. The third-order valence-corrected chi connectivity index (χ3v) is 8.62. The second kappa shape index (κ2) is 9.68. The molecule has 1 spiro atoms. The van der Waals surface area contributed by atoms with Crippen LogP contribution in [0.1, 0.15) is 84.5 Å². The average molecular weight is 404 g/mol. The molecule has 1 aliphatic carbocycles. The highest BCUT2D eigenvalue weighted by Crippen LogP contribution is 2.40. The molecule has 0 radical (unpaired) electrons. The first-order valence-corrected chi connectivity index (χ1v) is 12.8. The Morgan fingerprint density at radius 3 is 2.34 bits per heavy atom. The van der Waals surface area contributed by atoms with Crippen molar-refractivity contribution >= 4 is 5.91 Å². The summed E-state index contributed by atoms with van der Waals surface area (Å²) >= 11 is 0. The Hall–Kier alpha value is -0.610. The van der Waals surface area contributed by atoms with Gasteiger partial charge in [-0.25, -0.2) is 0 Å². The van der Waals surface area contributed by atoms with Gasteiger partial charge in [0.15, 0.2) is 0 Å². The van der Waals surface area contributed by atoms with Crippen LogP contribution in [0.25, 0.3) is 0 Å². The molecule has 0 aromatic rings. The molecular formula is C25H45N3O. The van der Waals surface area contributed by atoms with Gasteiger partial charge in [0, 0.05) is 44.1 Å². The van der Waals surface area contributed by atoms with Gasteiger partial charge in [-0.2, -0.15) is 0 Å². The van der Waals surface area contributed by atoms with Crippen LogP contribution < -0.4 is 0 Å². The summed E-state index contributed by atoms with van der Waals surface area (Å²) < 4.78 is 0. The second-order valence-electron chi connectivity index (χ2n) is 11.2. The normalized spacial score (nSPS) is 31.2. The maximum absolute atomic E-state index is 13.1. The van der Waals surface area contributed by atoms with Crippen molar-refractivity contribution in [1.29, 1.82) is 0 Å². The molecule has 0 unspecified atom stereocenters. The van der Waals surface area contributed by atoms with Crippen molar-refractivity contribution in [3.8, 4) is 0 Å². The molecule has 4 heteroatoms. The Morgan fingerprint density at radius 2 is 1.62 bits per heavy atom. The predicted molar refractivity (Wildman–Crippen MR) is 120 cm³/mol. The Balaban J connectivity index is 1.24. The zero-order chi connectivity index (χ0) is 20.3. The topological polar surface area (TPSA) is 26.8 Å². The zero-order valence-electron chi connectivity index (χ0n) is 19.2. The fourth-order valence-corrected chi connectivity index (χ4v) is 6.73. The predicted octanol–water partition coefficient (Wildman–Crippen LogP) is 4.39. The van der Waals surface area contributed by atoms with E-state index >= 15 is 0 Å². The van der Waals surface area contributed by atoms with Gasteiger partial charge in [-0.1, -0.05) is 19.3 Å². The van der Waals surface area contributed by atoms with Gasteiger partial charge in [-0.3, -0.25) is 4.79 Å². The number of carbonyl (C=O) groups is 1. The molecule has 3 aliphatic heterocycles. The van der Waals surface area contributed by atoms with Crippen LogP contribution in [0.2, 0.25) is 0 Å². The van der Waals surface area contributed by atoms with E-state index in [1.165, 1.54) is 96.9 Å². The average Bonchev–Trinajstić information content (AvgIpc) is 3.12. The molecule has 0 aromatic heterocycles. The summed E-state index contributed by atoms with van der Waals surface area (Å²) in [6.07, 6.45) is 14.4. The molecule has 0 bridgehead atoms. The largest absolute Gasteiger partial charge is 0.342 e. The summed E-state index contributed by atoms with van der Waals surface area (Å²) in [6, 6.07) is 0.646. The highest BCUT2D eigenvalue weighted by atomic mass is 16.2. The van der Waals surface area contributed by atoms with Gasteiger partial charge in [-0.15, -0.1) is 0 Å². The number of rotatable bonds is 5. The number of nitrogens with zero attached hydrogens (tertiary/aromatic N) is 3. The number of hydrogen-bond acceptors (Lipinski definition) is 3. The van der Waals surface area contributed by atoms with Crippen LogP contribution in [0.15, 0.2) is 0 Å². The number of carbonyl (C=O) groups excluding carboxylic acids is 1. The SMILES string of the molecule is CC(C)N1CCC(CC(=O)N2CC[C@]3(CCCN(CC4CCCCC4)C3)C2)CC1. The lowest BCUT2D eigenvalue weighted by Crippen LogP contribution is -2.47. The van der Waals surface area contributed by atoms with E-state index in [1.54, 1.807) is 0 Å². The van der Waals surface area contributed by atoms with Crippen LogP contribution in [0.4, 0.5) is 0 Å². The van der Waals surface area contributed by atoms with E-state index in [-0.39, 0.29) is 0 Å². The zero-order valence-corrected chi connectivity index (χ0v) is 19.2. The van der Waals surface area contributed by atoms with E-state index in [1.807, 2.05) is 0 Å². The molecule has 4 rings (SSSR count). The van der Waals surface area contributed by atoms with E-state index in [4.69, 9.17) is 0 Å². The van der Waals surface area contributed by atoms with Crippen molar-refractivity contribution in [2.75, 3.05) is 45.8 Å². The summed E-state index contributed by atoms with van der Waals surface area (Å²) in [6.45, 7) is 12.8. The maximum atomic E-state index is 13.1. The van der Waals surface area contributed by atoms with Gasteiger partial charge >= 0.3 is 0 Å². The van der Waals surface area contributed by atoms with Crippen molar-refractivity contribution in [2.45, 2.75) is 90.5 Å². The van der Waals surface area contributed by atoms with E-state index in [9.17, 15) is 4.79 Å². The van der Waals surface area contributed by atoms with E-state index in [0.717, 1.165) is 25.4 Å². The first kappa shape index (κ1) is 21.6. The molecule has 1 atom stereocenters. The van der Waals surface area contributed by atoms with E-state index in [2.05, 4.69) is 28.5 Å². The number of piperidine rings is 2. The van der Waals surface area contributed by atoms with Crippen molar-refractivity contribution < 1.29 is 4.79 Å². The van der Waals surface area contributed by atoms with E-state index in [0.29, 0.717) is 23.3 Å². The molecule has 4 aliphatic rings. The minimum atomic E-state index is 0.406. The molecule has 3 saturated heterocycles. The smallest absolute Gasteiger partial charge is 0.222 e. The molecule has 0 N–H and O–H groups in total. The summed E-state index contributed by atoms with van der Waals surface area (Å²) in [5, 5.41) is 0. The fraction of sp³-hybridized carbons (Fsp3) is 0.960. The molecule has 166 valence electrons. The number of likely N-dealkylation sites (tertiary alicyclic amines) is 3. The van der Waals surface area contributed by atoms with Crippen LogP contribution in [-0.2, 0) is 4.79 Å². The summed E-state index contributed by atoms with van der Waals surface area (Å²) in [4.78, 5) is 20.6. The van der Waals surface area contributed by atoms with Gasteiger partial charge in [0.2, 0.25) is 5.91 Å². The maximum Gasteiger partial charge on any atom is 0.222 e. The van der Waals surface area contributed by atoms with Crippen molar-refractivity contribution in [2.24, 2.45) is 17.3 Å². The van der Waals surface area contributed by atoms with E-state index < -0.39 is 0 Å². The molecule has 0 aromatic carbocycles. The second-order valence-corrected chi connectivity index (χ2v) is 11.2. The summed E-state index contributed by atoms with van der Waals surface area (Å²) in [5.41, 5.74) is 0.406. The van der Waals surface area contributed by atoms with Crippen LogP contribution in [0.3, 0.4) is 0 Å². The lowest BCUT2D eigenvalue weighted by Gasteiger charge is -2.42. The van der Waals surface area contributed by atoms with Crippen molar-refractivity contribution in [3.05, 3.63) is 0 Å². The quantitative estimate of drug-likeness (QED) is 0.681. The van der Waals surface area contributed by atoms with Crippen molar-refractivity contribution in [1.82, 2.24) is 14.7 Å². The minimum Gasteiger partial charge on any atom is -0.342 e. The Kier molecular flexibility index (Phi) is 7.22. The third-order valence-electron chi connectivity index (χ3n) is 8.62. The first-order chi connectivity index (χ1) is 14.0. The van der Waals surface area contributed by atoms with Gasteiger partial charge < -0.3 is 14.7 Å². The van der Waals surface area contributed by atoms with Crippen LogP contribution in [-0.4, -0.2) is 72.5 Å². The number of amides is 1. The van der Waals surface area contributed by atoms with Crippen LogP contribution in [0.5, 0.6) is 0 Å². The van der Waals surface area contributed by atoms with Gasteiger partial charge in [0.05, 0.1) is 0 Å². The highest BCUT2D eigenvalue weighted by Gasteiger charge is 2.43. The lowest BCUT2D eigenvalue weighted by atomic mass is 9.78. The van der Waals surface area contributed by atoms with Gasteiger partial charge in [0.1, 0.15) is 0 Å². The number of hydrogen-bond donors (Lipinski definition) is 0. The van der Waals surface area contributed by atoms with Crippen molar-refractivity contribution in [3.63, 3.8) is 0 Å². The lowest BCUT2D eigenvalue weighted by molar-refractivity contribution is -0.132. The Labute approximate surface area is 179 Å². The molecule has 4 fully saturated rings. The van der Waals surface area contributed by atoms with Gasteiger partial charge in [0.25, 0.3) is 0 Å². The van der Waals surface area contributed by atoms with Crippen LogP contribution in [0, 0.1) is 17.3 Å². The molecular weight excluding hydrogens is 358 g/mol. The first-order valence-electron chi connectivity index (χ1n) is 12.8. The molecule has 4 nitrogen and oxygen atoms in total. The van der Waals surface area contributed by atoms with Gasteiger partial charge in [-0.05, 0) is 90.3 Å². The molecule has 1 amide bonds. The highest BCUT2D eigenvalue weighted by molar-refractivity contribution is 5.76. The summed E-state index contributed by atoms with van der Waals surface area (Å²) in [7, 11) is 0. The minimum absolute atomic E-state index is 0.406. The monoisotopic (exact) mass is 403 g/mol. The third kappa shape index (κ3) is 5.55. The molecule has 3 heterocycles. The van der Waals surface area contributed by atoms with Crippen LogP contribution >= 0.6 is 0 Å². The Morgan fingerprint density at radius 1 is 0.862 bits per heavy atom. The Bertz CT molecular complexity index is 536.